The van der Waals surface area contributed by atoms with E-state index in [2.05, 4.69) is 5.32 Å². The number of likely N-dealkylation sites (N-methyl/N-ethyl adjacent to an activating group) is 1. The van der Waals surface area contributed by atoms with Crippen molar-refractivity contribution < 1.29 is 42.6 Å². The molecule has 1 aromatic carbocycles. The number of anilines is 1. The van der Waals surface area contributed by atoms with E-state index >= 15 is 0 Å². The van der Waals surface area contributed by atoms with Gasteiger partial charge >= 0.3 is 18.9 Å². The van der Waals surface area contributed by atoms with Crippen LogP contribution < -0.4 is 24.2 Å². The number of rotatable bonds is 4. The molecule has 1 amide bonds. The van der Waals surface area contributed by atoms with Crippen LogP contribution in [0.3, 0.4) is 0 Å². The molecule has 4 radical (unpaired) electrons. The molecule has 9 heteroatoms. The van der Waals surface area contributed by atoms with Gasteiger partial charge in [-0.25, -0.2) is 8.78 Å². The Labute approximate surface area is 162 Å². The van der Waals surface area contributed by atoms with E-state index in [4.69, 9.17) is 5.11 Å². The van der Waals surface area contributed by atoms with Crippen LogP contribution in [0, 0.1) is 11.6 Å². The van der Waals surface area contributed by atoms with Crippen molar-refractivity contribution in [1.29, 1.82) is 0 Å². The number of benzene rings is 1. The van der Waals surface area contributed by atoms with Gasteiger partial charge in [0.25, 0.3) is 0 Å². The molecule has 3 N–H and O–H groups in total. The Hall–Kier alpha value is -0.440. The molecule has 24 heavy (non-hydrogen) atoms. The van der Waals surface area contributed by atoms with E-state index < -0.39 is 35.8 Å². The maximum atomic E-state index is 14.5. The number of hydrogen-bond acceptors (Lipinski definition) is 4. The number of aliphatic hydroxyl groups excluding tert-OH is 1. The van der Waals surface area contributed by atoms with Crippen LogP contribution in [-0.4, -0.2) is 70.7 Å². The molecule has 0 saturated heterocycles. The molecule has 0 aliphatic heterocycles. The molecule has 0 saturated carbocycles. The molecule has 0 bridgehead atoms. The van der Waals surface area contributed by atoms with Crippen molar-refractivity contribution in [2.75, 3.05) is 26.0 Å². The van der Waals surface area contributed by atoms with Crippen molar-refractivity contribution in [1.82, 2.24) is 4.90 Å². The van der Waals surface area contributed by atoms with Gasteiger partial charge in [-0.05, 0) is 32.1 Å². The molecule has 5 nitrogen and oxygen atoms in total. The molecule has 2 rings (SSSR count). The maximum absolute atomic E-state index is 14.5. The average Bonchev–Trinajstić information content (AvgIpc) is 2.83. The van der Waals surface area contributed by atoms with Crippen molar-refractivity contribution >= 4 is 29.0 Å². The molecular weight excluding hydrogens is 328 g/mol. The van der Waals surface area contributed by atoms with Gasteiger partial charge in [0.2, 0.25) is 5.91 Å². The minimum Gasteiger partial charge on any atom is -1.00 e. The fourth-order valence-electron chi connectivity index (χ4n) is 2.49. The Kier molecular flexibility index (Phi) is 8.62. The van der Waals surface area contributed by atoms with Gasteiger partial charge in [-0.1, -0.05) is 0 Å². The first kappa shape index (κ1) is 23.6. The molecule has 1 aromatic rings. The average molecular weight is 348 g/mol. The molecule has 0 aromatic heterocycles. The Morgan fingerprint density at radius 1 is 1.38 bits per heavy atom. The number of carbonyl (C=O) groups is 1. The second-order valence-electron chi connectivity index (χ2n) is 6.04. The first-order valence-electron chi connectivity index (χ1n) is 6.99. The molecule has 126 valence electrons. The van der Waals surface area contributed by atoms with Crippen LogP contribution in [0.5, 0.6) is 0 Å². The summed E-state index contributed by atoms with van der Waals surface area (Å²) in [5, 5.41) is 21.6. The number of hydrogen-bond donors (Lipinski definition) is 3. The zero-order chi connectivity index (χ0) is 16.7. The third kappa shape index (κ3) is 4.59. The zero-order valence-electron chi connectivity index (χ0n) is 14.4. The summed E-state index contributed by atoms with van der Waals surface area (Å²) in [5.74, 6) is -1.92. The van der Waals surface area contributed by atoms with Crippen molar-refractivity contribution in [3.05, 3.63) is 28.8 Å². The molecule has 1 unspecified atom stereocenters. The Bertz CT molecular complexity index is 619. The third-order valence-corrected chi connectivity index (χ3v) is 4.14. The molecule has 2 atom stereocenters. The summed E-state index contributed by atoms with van der Waals surface area (Å²) < 4.78 is 28.6. The van der Waals surface area contributed by atoms with Gasteiger partial charge in [-0.2, -0.15) is 0 Å². The quantitative estimate of drug-likeness (QED) is 0.518. The number of aliphatic hydroxyl groups is 2. The number of nitrogens with zero attached hydrogens (tertiary/aromatic N) is 1. The van der Waals surface area contributed by atoms with Crippen molar-refractivity contribution in [2.45, 2.75) is 31.4 Å². The second-order valence-corrected chi connectivity index (χ2v) is 6.04. The van der Waals surface area contributed by atoms with Gasteiger partial charge in [0.05, 0.1) is 23.9 Å². The van der Waals surface area contributed by atoms with E-state index in [1.807, 2.05) is 0 Å². The molecule has 1 aliphatic rings. The second kappa shape index (κ2) is 8.78. The van der Waals surface area contributed by atoms with E-state index in [0.717, 1.165) is 6.07 Å². The van der Waals surface area contributed by atoms with Crippen LogP contribution in [0.1, 0.15) is 18.1 Å². The van der Waals surface area contributed by atoms with Crippen LogP contribution in [0.4, 0.5) is 14.5 Å². The summed E-state index contributed by atoms with van der Waals surface area (Å²) in [5.41, 5.74) is -1.75. The van der Waals surface area contributed by atoms with Crippen molar-refractivity contribution in [3.8, 4) is 0 Å². The Morgan fingerprint density at radius 2 is 1.92 bits per heavy atom. The fraction of sp³-hybridized carbons (Fsp3) is 0.533. The third-order valence-electron chi connectivity index (χ3n) is 4.14. The molecular formula is C15H20AlF2LiN2O3. The minimum absolute atomic E-state index is 0. The van der Waals surface area contributed by atoms with Gasteiger partial charge in [0, 0.05) is 18.9 Å². The van der Waals surface area contributed by atoms with Gasteiger partial charge in [0.15, 0.2) is 0 Å². The van der Waals surface area contributed by atoms with E-state index in [-0.39, 0.29) is 65.9 Å². The van der Waals surface area contributed by atoms with Gasteiger partial charge in [-0.15, -0.1) is 0 Å². The fourth-order valence-corrected chi connectivity index (χ4v) is 2.49. The Balaban J connectivity index is 0.00000264. The van der Waals surface area contributed by atoms with Gasteiger partial charge < -0.3 is 32.9 Å². The summed E-state index contributed by atoms with van der Waals surface area (Å²) in [6.07, 6.45) is -0.335. The molecule has 0 fully saturated rings. The number of amides is 1. The van der Waals surface area contributed by atoms with Crippen LogP contribution >= 0.6 is 0 Å². The van der Waals surface area contributed by atoms with Crippen LogP contribution in [0.25, 0.3) is 0 Å². The summed E-state index contributed by atoms with van der Waals surface area (Å²) in [7, 11) is 3.40. The summed E-state index contributed by atoms with van der Waals surface area (Å²) in [6, 6.07) is 0.405. The summed E-state index contributed by atoms with van der Waals surface area (Å²) in [6.45, 7) is 1.06. The zero-order valence-corrected chi connectivity index (χ0v) is 15.5. The predicted molar refractivity (Wildman–Crippen MR) is 83.3 cm³/mol. The largest absolute Gasteiger partial charge is 1.00 e. The van der Waals surface area contributed by atoms with Crippen molar-refractivity contribution in [3.63, 3.8) is 0 Å². The predicted octanol–water partition coefficient (Wildman–Crippen LogP) is -2.70. The number of carbonyl (C=O) groups excluding carboxylic acids is 1. The number of nitrogens with one attached hydrogen (secondary N) is 1. The first-order chi connectivity index (χ1) is 10.2. The smallest absolute Gasteiger partial charge is 1.00 e. The summed E-state index contributed by atoms with van der Waals surface area (Å²) >= 11 is 0. The molecule has 0 spiro atoms. The van der Waals surface area contributed by atoms with Crippen LogP contribution in [0.15, 0.2) is 6.07 Å². The van der Waals surface area contributed by atoms with E-state index in [0.29, 0.717) is 0 Å². The normalized spacial score (nSPS) is 20.0. The maximum Gasteiger partial charge on any atom is 1.00 e. The Morgan fingerprint density at radius 3 is 2.42 bits per heavy atom. The number of fused-ring (bicyclic) bond motifs is 1. The van der Waals surface area contributed by atoms with Crippen LogP contribution in [-0.2, 0) is 17.6 Å². The SMILES string of the molecule is C[C@H](C(=O)Nc1cc(F)c2c(c1F)CC(O)(CO)C2)N(C)C.[Al-].[Li+]. The monoisotopic (exact) mass is 348 g/mol. The van der Waals surface area contributed by atoms with E-state index in [1.165, 1.54) is 0 Å². The minimum atomic E-state index is -1.55. The van der Waals surface area contributed by atoms with Gasteiger partial charge in [0.1, 0.15) is 11.6 Å². The molecule has 0 heterocycles. The van der Waals surface area contributed by atoms with E-state index in [9.17, 15) is 18.7 Å². The summed E-state index contributed by atoms with van der Waals surface area (Å²) in [4.78, 5) is 13.6. The molecule has 1 aliphatic carbocycles. The van der Waals surface area contributed by atoms with E-state index in [1.54, 1.807) is 25.9 Å². The van der Waals surface area contributed by atoms with Crippen LogP contribution in [0.2, 0.25) is 0 Å². The standard InChI is InChI=1S/C15H20F2N2O3.Al.Li/c1-8(19(2)3)14(21)18-12-4-11(16)9-5-15(22,7-20)6-10(9)13(12)17;;/h4,8,20,22H,5-7H2,1-3H3,(H,18,21);;/q;-1;+1/t8-,15?;;/m1../s1. The van der Waals surface area contributed by atoms with Gasteiger partial charge in [-0.3, -0.25) is 9.69 Å². The van der Waals surface area contributed by atoms with Crippen molar-refractivity contribution in [2.24, 2.45) is 0 Å². The topological polar surface area (TPSA) is 72.8 Å². The first-order valence-corrected chi connectivity index (χ1v) is 6.99. The number of halogens is 2.